The average molecular weight is 307 g/mol. The predicted octanol–water partition coefficient (Wildman–Crippen LogP) is 0.580. The van der Waals surface area contributed by atoms with E-state index in [1.54, 1.807) is 7.11 Å². The molecule has 0 saturated carbocycles. The molecule has 1 aromatic rings. The van der Waals surface area contributed by atoms with Crippen LogP contribution in [0.3, 0.4) is 0 Å². The number of benzene rings is 1. The number of methoxy groups -OCH3 is 2. The lowest BCUT2D eigenvalue weighted by Gasteiger charge is -2.36. The Labute approximate surface area is 132 Å². The Morgan fingerprint density at radius 1 is 1.14 bits per heavy atom. The van der Waals surface area contributed by atoms with Crippen LogP contribution >= 0.6 is 0 Å². The van der Waals surface area contributed by atoms with Crippen molar-refractivity contribution in [3.05, 3.63) is 24.3 Å². The van der Waals surface area contributed by atoms with Gasteiger partial charge in [-0.05, 0) is 24.3 Å². The normalized spacial score (nSPS) is 15.6. The van der Waals surface area contributed by atoms with Crippen LogP contribution in [0.15, 0.2) is 24.3 Å². The molecule has 6 heteroatoms. The zero-order chi connectivity index (χ0) is 15.8. The molecule has 1 N–H and O–H groups in total. The minimum absolute atomic E-state index is 0.0561. The van der Waals surface area contributed by atoms with E-state index in [1.165, 1.54) is 12.8 Å². The summed E-state index contributed by atoms with van der Waals surface area (Å²) in [5.41, 5.74) is 1.23. The molecule has 1 amide bonds. The van der Waals surface area contributed by atoms with Crippen LogP contribution in [0.4, 0.5) is 5.69 Å². The third-order valence-electron chi connectivity index (χ3n) is 3.84. The smallest absolute Gasteiger partial charge is 0.246 e. The lowest BCUT2D eigenvalue weighted by atomic mass is 10.2. The fraction of sp³-hybridized carbons (Fsp3) is 0.562. The Kier molecular flexibility index (Phi) is 6.48. The van der Waals surface area contributed by atoms with E-state index in [0.717, 1.165) is 38.5 Å². The van der Waals surface area contributed by atoms with Gasteiger partial charge in [0.2, 0.25) is 5.91 Å². The summed E-state index contributed by atoms with van der Waals surface area (Å²) in [6.45, 7) is 5.69. The number of rotatable bonds is 7. The molecule has 122 valence electrons. The van der Waals surface area contributed by atoms with E-state index in [9.17, 15) is 4.79 Å². The number of carbonyl (C=O) groups excluding carboxylic acids is 1. The molecule has 0 atom stereocenters. The zero-order valence-electron chi connectivity index (χ0n) is 13.4. The lowest BCUT2D eigenvalue weighted by Crippen LogP contribution is -2.48. The molecule has 0 aromatic heterocycles. The maximum atomic E-state index is 11.3. The largest absolute Gasteiger partial charge is 0.497 e. The Bertz CT molecular complexity index is 456. The molecule has 2 rings (SSSR count). The van der Waals surface area contributed by atoms with Crippen molar-refractivity contribution in [2.45, 2.75) is 0 Å². The molecule has 1 heterocycles. The molecular weight excluding hydrogens is 282 g/mol. The highest BCUT2D eigenvalue weighted by molar-refractivity contribution is 5.77. The molecule has 0 radical (unpaired) electrons. The molecule has 6 nitrogen and oxygen atoms in total. The first kappa shape index (κ1) is 16.6. The van der Waals surface area contributed by atoms with Gasteiger partial charge >= 0.3 is 0 Å². The number of amides is 1. The summed E-state index contributed by atoms with van der Waals surface area (Å²) in [7, 11) is 3.21. The average Bonchev–Trinajstić information content (AvgIpc) is 2.56. The summed E-state index contributed by atoms with van der Waals surface area (Å²) < 4.78 is 9.97. The molecular formula is C16H25N3O3. The zero-order valence-corrected chi connectivity index (χ0v) is 13.4. The van der Waals surface area contributed by atoms with Crippen LogP contribution in [-0.4, -0.2) is 70.9 Å². The van der Waals surface area contributed by atoms with E-state index in [0.29, 0.717) is 6.54 Å². The fourth-order valence-corrected chi connectivity index (χ4v) is 2.56. The van der Waals surface area contributed by atoms with Crippen molar-refractivity contribution in [1.29, 1.82) is 0 Å². The van der Waals surface area contributed by atoms with Crippen LogP contribution in [-0.2, 0) is 9.53 Å². The third-order valence-corrected chi connectivity index (χ3v) is 3.84. The summed E-state index contributed by atoms with van der Waals surface area (Å²) >= 11 is 0. The molecule has 0 unspecified atom stereocenters. The molecule has 0 bridgehead atoms. The molecule has 0 aliphatic carbocycles. The van der Waals surface area contributed by atoms with E-state index in [2.05, 4.69) is 27.2 Å². The van der Waals surface area contributed by atoms with E-state index in [-0.39, 0.29) is 12.5 Å². The highest BCUT2D eigenvalue weighted by atomic mass is 16.5. The minimum Gasteiger partial charge on any atom is -0.497 e. The van der Waals surface area contributed by atoms with Crippen LogP contribution in [0.2, 0.25) is 0 Å². The number of hydrogen-bond donors (Lipinski definition) is 1. The summed E-state index contributed by atoms with van der Waals surface area (Å²) in [6.07, 6.45) is 0. The van der Waals surface area contributed by atoms with Crippen molar-refractivity contribution in [3.8, 4) is 5.75 Å². The number of nitrogens with zero attached hydrogens (tertiary/aromatic N) is 2. The second-order valence-corrected chi connectivity index (χ2v) is 5.31. The van der Waals surface area contributed by atoms with Gasteiger partial charge in [0.25, 0.3) is 0 Å². The van der Waals surface area contributed by atoms with Gasteiger partial charge in [-0.1, -0.05) is 0 Å². The van der Waals surface area contributed by atoms with Gasteiger partial charge in [-0.3, -0.25) is 9.69 Å². The summed E-state index contributed by atoms with van der Waals surface area (Å²) in [4.78, 5) is 16.0. The maximum absolute atomic E-state index is 11.3. The summed E-state index contributed by atoms with van der Waals surface area (Å²) in [5.74, 6) is 0.827. The van der Waals surface area contributed by atoms with Crippen LogP contribution in [0, 0.1) is 0 Å². The van der Waals surface area contributed by atoms with E-state index < -0.39 is 0 Å². The highest BCUT2D eigenvalue weighted by Crippen LogP contribution is 2.20. The number of piperazine rings is 1. The highest BCUT2D eigenvalue weighted by Gasteiger charge is 2.17. The predicted molar refractivity (Wildman–Crippen MR) is 86.5 cm³/mol. The SMILES string of the molecule is COCC(=O)NCCN1CCN(c2ccc(OC)cc2)CC1. The van der Waals surface area contributed by atoms with E-state index >= 15 is 0 Å². The van der Waals surface area contributed by atoms with Gasteiger partial charge in [0, 0.05) is 52.1 Å². The van der Waals surface area contributed by atoms with Gasteiger partial charge in [0.1, 0.15) is 12.4 Å². The molecule has 1 aromatic carbocycles. The van der Waals surface area contributed by atoms with Crippen LogP contribution in [0.25, 0.3) is 0 Å². The molecule has 1 fully saturated rings. The van der Waals surface area contributed by atoms with Gasteiger partial charge in [0.15, 0.2) is 0 Å². The second-order valence-electron chi connectivity index (χ2n) is 5.31. The number of hydrogen-bond acceptors (Lipinski definition) is 5. The van der Waals surface area contributed by atoms with Gasteiger partial charge in [-0.25, -0.2) is 0 Å². The van der Waals surface area contributed by atoms with Gasteiger partial charge < -0.3 is 19.7 Å². The van der Waals surface area contributed by atoms with Gasteiger partial charge in [0.05, 0.1) is 7.11 Å². The van der Waals surface area contributed by atoms with Crippen LogP contribution in [0.1, 0.15) is 0 Å². The fourth-order valence-electron chi connectivity index (χ4n) is 2.56. The van der Waals surface area contributed by atoms with Crippen LogP contribution in [0.5, 0.6) is 5.75 Å². The van der Waals surface area contributed by atoms with Crippen molar-refractivity contribution in [2.75, 3.05) is 65.0 Å². The van der Waals surface area contributed by atoms with Crippen molar-refractivity contribution in [2.24, 2.45) is 0 Å². The maximum Gasteiger partial charge on any atom is 0.246 e. The molecule has 1 aliphatic heterocycles. The number of ether oxygens (including phenoxy) is 2. The van der Waals surface area contributed by atoms with E-state index in [1.807, 2.05) is 12.1 Å². The first-order valence-corrected chi connectivity index (χ1v) is 7.60. The van der Waals surface area contributed by atoms with Crippen molar-refractivity contribution in [1.82, 2.24) is 10.2 Å². The minimum atomic E-state index is -0.0561. The third kappa shape index (κ3) is 4.89. The quantitative estimate of drug-likeness (QED) is 0.798. The van der Waals surface area contributed by atoms with Crippen molar-refractivity contribution in [3.63, 3.8) is 0 Å². The molecule has 1 aliphatic rings. The number of carbonyl (C=O) groups is 1. The first-order valence-electron chi connectivity index (χ1n) is 7.60. The Morgan fingerprint density at radius 3 is 2.41 bits per heavy atom. The molecule has 22 heavy (non-hydrogen) atoms. The monoisotopic (exact) mass is 307 g/mol. The Balaban J connectivity index is 1.70. The molecule has 1 saturated heterocycles. The topological polar surface area (TPSA) is 54.0 Å². The van der Waals surface area contributed by atoms with Gasteiger partial charge in [-0.15, -0.1) is 0 Å². The van der Waals surface area contributed by atoms with E-state index in [4.69, 9.17) is 9.47 Å². The number of nitrogens with one attached hydrogen (secondary N) is 1. The lowest BCUT2D eigenvalue weighted by molar-refractivity contribution is -0.124. The van der Waals surface area contributed by atoms with Crippen LogP contribution < -0.4 is 15.0 Å². The second kappa shape index (κ2) is 8.60. The Morgan fingerprint density at radius 2 is 1.82 bits per heavy atom. The Hall–Kier alpha value is -1.79. The summed E-state index contributed by atoms with van der Waals surface area (Å²) in [5, 5.41) is 2.85. The van der Waals surface area contributed by atoms with Gasteiger partial charge in [-0.2, -0.15) is 0 Å². The first-order chi connectivity index (χ1) is 10.7. The van der Waals surface area contributed by atoms with Crippen molar-refractivity contribution >= 4 is 11.6 Å². The van der Waals surface area contributed by atoms with Crippen molar-refractivity contribution < 1.29 is 14.3 Å². The molecule has 0 spiro atoms. The number of anilines is 1. The summed E-state index contributed by atoms with van der Waals surface area (Å²) in [6, 6.07) is 8.18. The standard InChI is InChI=1S/C16H25N3O3/c1-21-13-16(20)17-7-8-18-9-11-19(12-10-18)14-3-5-15(22-2)6-4-14/h3-6H,7-13H2,1-2H3,(H,17,20).